The number of hydrogen-bond acceptors (Lipinski definition) is 3. The molecule has 1 aliphatic rings. The molecule has 0 bridgehead atoms. The van der Waals surface area contributed by atoms with Gasteiger partial charge >= 0.3 is 0 Å². The van der Waals surface area contributed by atoms with Gasteiger partial charge in [-0.25, -0.2) is 0 Å². The van der Waals surface area contributed by atoms with Crippen LogP contribution < -0.4 is 5.32 Å². The van der Waals surface area contributed by atoms with Crippen LogP contribution in [0.2, 0.25) is 0 Å². The van der Waals surface area contributed by atoms with Gasteiger partial charge in [-0.1, -0.05) is 24.6 Å². The van der Waals surface area contributed by atoms with Crippen LogP contribution in [0.5, 0.6) is 0 Å². The predicted octanol–water partition coefficient (Wildman–Crippen LogP) is 1.69. The van der Waals surface area contributed by atoms with Crippen LogP contribution >= 0.6 is 0 Å². The second-order valence-corrected chi connectivity index (χ2v) is 5.59. The average molecular weight is 276 g/mol. The summed E-state index contributed by atoms with van der Waals surface area (Å²) in [7, 11) is 0. The molecule has 0 aromatic heterocycles. The molecule has 4 heteroatoms. The molecule has 1 aromatic carbocycles. The third kappa shape index (κ3) is 4.62. The molecule has 110 valence electrons. The lowest BCUT2D eigenvalue weighted by molar-refractivity contribution is 0.0317. The molecule has 1 aliphatic heterocycles. The molecule has 1 aromatic rings. The number of carbonyl (C=O) groups is 1. The zero-order chi connectivity index (χ0) is 14.4. The lowest BCUT2D eigenvalue weighted by Crippen LogP contribution is -2.41. The van der Waals surface area contributed by atoms with Crippen LogP contribution in [0.25, 0.3) is 0 Å². The number of aryl methyl sites for hydroxylation is 1. The van der Waals surface area contributed by atoms with Gasteiger partial charge in [0, 0.05) is 31.7 Å². The molecule has 1 heterocycles. The van der Waals surface area contributed by atoms with Crippen LogP contribution in [0, 0.1) is 12.8 Å². The van der Waals surface area contributed by atoms with Crippen LogP contribution in [0.4, 0.5) is 0 Å². The van der Waals surface area contributed by atoms with E-state index in [-0.39, 0.29) is 5.91 Å². The van der Waals surface area contributed by atoms with E-state index < -0.39 is 0 Å². The van der Waals surface area contributed by atoms with Crippen molar-refractivity contribution >= 4 is 5.91 Å². The summed E-state index contributed by atoms with van der Waals surface area (Å²) in [5.74, 6) is 0.460. The summed E-state index contributed by atoms with van der Waals surface area (Å²) in [5, 5.41) is 3.01. The molecule has 1 saturated heterocycles. The third-order valence-electron chi connectivity index (χ3n) is 3.60. The number of rotatable bonds is 5. The van der Waals surface area contributed by atoms with Gasteiger partial charge in [0.1, 0.15) is 0 Å². The molecule has 4 nitrogen and oxygen atoms in total. The van der Waals surface area contributed by atoms with E-state index in [0.717, 1.165) is 38.4 Å². The fourth-order valence-corrected chi connectivity index (χ4v) is 2.36. The van der Waals surface area contributed by atoms with E-state index in [4.69, 9.17) is 4.74 Å². The average Bonchev–Trinajstić information content (AvgIpc) is 2.46. The minimum absolute atomic E-state index is 0.0128. The van der Waals surface area contributed by atoms with Crippen molar-refractivity contribution in [3.63, 3.8) is 0 Å². The molecule has 20 heavy (non-hydrogen) atoms. The van der Waals surface area contributed by atoms with Crippen molar-refractivity contribution in [3.05, 3.63) is 35.4 Å². The van der Waals surface area contributed by atoms with Crippen molar-refractivity contribution in [3.8, 4) is 0 Å². The minimum atomic E-state index is 0.0128. The minimum Gasteiger partial charge on any atom is -0.379 e. The Labute approximate surface area is 121 Å². The van der Waals surface area contributed by atoms with E-state index in [0.29, 0.717) is 12.5 Å². The Morgan fingerprint density at radius 1 is 1.30 bits per heavy atom. The van der Waals surface area contributed by atoms with Crippen LogP contribution in [0.15, 0.2) is 24.3 Å². The maximum absolute atomic E-state index is 12.0. The van der Waals surface area contributed by atoms with Crippen molar-refractivity contribution in [1.82, 2.24) is 10.2 Å². The summed E-state index contributed by atoms with van der Waals surface area (Å²) in [4.78, 5) is 14.4. The Morgan fingerprint density at radius 2 is 1.95 bits per heavy atom. The van der Waals surface area contributed by atoms with Crippen LogP contribution in [-0.2, 0) is 4.74 Å². The fourth-order valence-electron chi connectivity index (χ4n) is 2.36. The van der Waals surface area contributed by atoms with Crippen molar-refractivity contribution < 1.29 is 9.53 Å². The largest absolute Gasteiger partial charge is 0.379 e. The second-order valence-electron chi connectivity index (χ2n) is 5.59. The fraction of sp³-hybridized carbons (Fsp3) is 0.562. The van der Waals surface area contributed by atoms with Gasteiger partial charge in [-0.2, -0.15) is 0 Å². The van der Waals surface area contributed by atoms with Crippen molar-refractivity contribution in [2.75, 3.05) is 39.4 Å². The van der Waals surface area contributed by atoms with Crippen LogP contribution in [0.1, 0.15) is 22.8 Å². The number of amides is 1. The van der Waals surface area contributed by atoms with E-state index >= 15 is 0 Å². The maximum atomic E-state index is 12.0. The first-order chi connectivity index (χ1) is 9.65. The quantitative estimate of drug-likeness (QED) is 0.890. The lowest BCUT2D eigenvalue weighted by Gasteiger charge is -2.29. The van der Waals surface area contributed by atoms with Gasteiger partial charge < -0.3 is 10.1 Å². The van der Waals surface area contributed by atoms with E-state index in [1.165, 1.54) is 5.56 Å². The van der Waals surface area contributed by atoms with Crippen LogP contribution in [-0.4, -0.2) is 50.2 Å². The summed E-state index contributed by atoms with van der Waals surface area (Å²) in [6, 6.07) is 7.67. The maximum Gasteiger partial charge on any atom is 0.251 e. The number of morpholine rings is 1. The van der Waals surface area contributed by atoms with Gasteiger partial charge in [0.05, 0.1) is 13.2 Å². The van der Waals surface area contributed by atoms with Crippen molar-refractivity contribution in [2.24, 2.45) is 5.92 Å². The first-order valence-electron chi connectivity index (χ1n) is 7.30. The molecule has 0 aliphatic carbocycles. The third-order valence-corrected chi connectivity index (χ3v) is 3.60. The smallest absolute Gasteiger partial charge is 0.251 e. The topological polar surface area (TPSA) is 41.6 Å². The van der Waals surface area contributed by atoms with Crippen molar-refractivity contribution in [2.45, 2.75) is 13.8 Å². The van der Waals surface area contributed by atoms with Gasteiger partial charge in [0.2, 0.25) is 0 Å². The van der Waals surface area contributed by atoms with E-state index in [1.54, 1.807) is 0 Å². The molecule has 1 amide bonds. The standard InChI is InChI=1S/C16H24N2O2/c1-13-3-5-15(6-4-13)16(19)17-11-14(2)12-18-7-9-20-10-8-18/h3-6,14H,7-12H2,1-2H3,(H,17,19). The van der Waals surface area contributed by atoms with Gasteiger partial charge in [-0.05, 0) is 25.0 Å². The number of carbonyl (C=O) groups excluding carboxylic acids is 1. The molecule has 0 radical (unpaired) electrons. The second kappa shape index (κ2) is 7.41. The van der Waals surface area contributed by atoms with E-state index in [9.17, 15) is 4.79 Å². The highest BCUT2D eigenvalue weighted by Gasteiger charge is 2.14. The molecule has 1 N–H and O–H groups in total. The molecule has 0 saturated carbocycles. The van der Waals surface area contributed by atoms with Gasteiger partial charge in [0.15, 0.2) is 0 Å². The zero-order valence-corrected chi connectivity index (χ0v) is 12.4. The molecule has 1 atom stereocenters. The van der Waals surface area contributed by atoms with E-state index in [2.05, 4.69) is 17.1 Å². The number of benzene rings is 1. The number of hydrogen-bond donors (Lipinski definition) is 1. The number of nitrogens with zero attached hydrogens (tertiary/aromatic N) is 1. The SMILES string of the molecule is Cc1ccc(C(=O)NCC(C)CN2CCOCC2)cc1. The molecular weight excluding hydrogens is 252 g/mol. The normalized spacial score (nSPS) is 17.7. The Bertz CT molecular complexity index is 425. The van der Waals surface area contributed by atoms with Gasteiger partial charge in [-0.3, -0.25) is 9.69 Å². The Hall–Kier alpha value is -1.39. The Balaban J connectivity index is 1.73. The van der Waals surface area contributed by atoms with Crippen molar-refractivity contribution in [1.29, 1.82) is 0 Å². The molecule has 0 spiro atoms. The highest BCUT2D eigenvalue weighted by molar-refractivity contribution is 5.94. The monoisotopic (exact) mass is 276 g/mol. The zero-order valence-electron chi connectivity index (χ0n) is 12.4. The summed E-state index contributed by atoms with van der Waals surface area (Å²) in [6.45, 7) is 9.55. The highest BCUT2D eigenvalue weighted by Crippen LogP contribution is 2.05. The Morgan fingerprint density at radius 3 is 2.60 bits per heavy atom. The summed E-state index contributed by atoms with van der Waals surface area (Å²) in [5.41, 5.74) is 1.90. The van der Waals surface area contributed by atoms with Gasteiger partial charge in [-0.15, -0.1) is 0 Å². The highest BCUT2D eigenvalue weighted by atomic mass is 16.5. The molecule has 1 fully saturated rings. The van der Waals surface area contributed by atoms with Gasteiger partial charge in [0.25, 0.3) is 5.91 Å². The lowest BCUT2D eigenvalue weighted by atomic mass is 10.1. The Kier molecular flexibility index (Phi) is 5.56. The summed E-state index contributed by atoms with van der Waals surface area (Å²) < 4.78 is 5.34. The molecular formula is C16H24N2O2. The van der Waals surface area contributed by atoms with Crippen LogP contribution in [0.3, 0.4) is 0 Å². The first kappa shape index (κ1) is 15.0. The molecule has 1 unspecified atom stereocenters. The number of nitrogens with one attached hydrogen (secondary N) is 1. The van der Waals surface area contributed by atoms with E-state index in [1.807, 2.05) is 31.2 Å². The summed E-state index contributed by atoms with van der Waals surface area (Å²) >= 11 is 0. The summed E-state index contributed by atoms with van der Waals surface area (Å²) in [6.07, 6.45) is 0. The first-order valence-corrected chi connectivity index (χ1v) is 7.30. The molecule has 2 rings (SSSR count). The predicted molar refractivity (Wildman–Crippen MR) is 79.9 cm³/mol. The number of ether oxygens (including phenoxy) is 1.